The van der Waals surface area contributed by atoms with Crippen LogP contribution in [0.5, 0.6) is 0 Å². The molecule has 5 rings (SSSR count). The summed E-state index contributed by atoms with van der Waals surface area (Å²) in [6, 6.07) is 48.2. The standard InChI is InChI=1S/C34H26N2/c1-26-12-16-30(17-13-26)31(25-35)24-27-14-18-28(19-15-27)29-20-22-34(23-21-29)36(32-8-4-2-5-9-32)33-10-6-3-7-11-33/h2-24H,1H3/b31-24+. The van der Waals surface area contributed by atoms with Crippen LogP contribution in [-0.4, -0.2) is 0 Å². The molecule has 0 aliphatic carbocycles. The van der Waals surface area contributed by atoms with E-state index in [1.165, 1.54) is 5.56 Å². The van der Waals surface area contributed by atoms with E-state index in [1.54, 1.807) is 0 Å². The van der Waals surface area contributed by atoms with E-state index < -0.39 is 0 Å². The van der Waals surface area contributed by atoms with Gasteiger partial charge in [0.1, 0.15) is 0 Å². The minimum Gasteiger partial charge on any atom is -0.311 e. The normalized spacial score (nSPS) is 11.1. The molecule has 0 fully saturated rings. The molecule has 5 aromatic carbocycles. The number of nitriles is 1. The van der Waals surface area contributed by atoms with Crippen molar-refractivity contribution in [3.05, 3.63) is 150 Å². The average molecular weight is 463 g/mol. The summed E-state index contributed by atoms with van der Waals surface area (Å²) in [4.78, 5) is 2.26. The molecular formula is C34H26N2. The average Bonchev–Trinajstić information content (AvgIpc) is 2.94. The maximum absolute atomic E-state index is 9.66. The van der Waals surface area contributed by atoms with Gasteiger partial charge < -0.3 is 4.90 Å². The number of allylic oxidation sites excluding steroid dienone is 1. The van der Waals surface area contributed by atoms with Crippen LogP contribution in [0, 0.1) is 18.3 Å². The largest absolute Gasteiger partial charge is 0.311 e. The lowest BCUT2D eigenvalue weighted by Gasteiger charge is -2.25. The van der Waals surface area contributed by atoms with Crippen molar-refractivity contribution in [1.29, 1.82) is 5.26 Å². The second-order valence-corrected chi connectivity index (χ2v) is 8.71. The SMILES string of the molecule is Cc1ccc(/C(C#N)=C/c2ccc(-c3ccc(N(c4ccccc4)c4ccccc4)cc3)cc2)cc1. The molecule has 0 aromatic heterocycles. The highest BCUT2D eigenvalue weighted by molar-refractivity contribution is 5.90. The van der Waals surface area contributed by atoms with E-state index in [9.17, 15) is 5.26 Å². The highest BCUT2D eigenvalue weighted by atomic mass is 15.1. The number of benzene rings is 5. The zero-order valence-corrected chi connectivity index (χ0v) is 20.2. The highest BCUT2D eigenvalue weighted by Crippen LogP contribution is 2.35. The lowest BCUT2D eigenvalue weighted by Crippen LogP contribution is -2.09. The molecular weight excluding hydrogens is 436 g/mol. The molecule has 0 heterocycles. The van der Waals surface area contributed by atoms with Gasteiger partial charge in [0.05, 0.1) is 11.6 Å². The minimum absolute atomic E-state index is 0.661. The number of rotatable bonds is 6. The summed E-state index contributed by atoms with van der Waals surface area (Å²) in [5.41, 5.74) is 9.41. The number of aryl methyl sites for hydroxylation is 1. The first-order valence-corrected chi connectivity index (χ1v) is 12.0. The number of anilines is 3. The van der Waals surface area contributed by atoms with Gasteiger partial charge in [0, 0.05) is 17.1 Å². The van der Waals surface area contributed by atoms with Crippen molar-refractivity contribution in [2.75, 3.05) is 4.90 Å². The zero-order chi connectivity index (χ0) is 24.7. The van der Waals surface area contributed by atoms with Gasteiger partial charge in [-0.2, -0.15) is 5.26 Å². The van der Waals surface area contributed by atoms with Gasteiger partial charge in [0.15, 0.2) is 0 Å². The Hall–Kier alpha value is -4.87. The third-order valence-electron chi connectivity index (χ3n) is 6.19. The Kier molecular flexibility index (Phi) is 6.74. The predicted octanol–water partition coefficient (Wildman–Crippen LogP) is 9.20. The Morgan fingerprint density at radius 2 is 1.06 bits per heavy atom. The van der Waals surface area contributed by atoms with E-state index in [-0.39, 0.29) is 0 Å². The molecule has 0 atom stereocenters. The molecule has 172 valence electrons. The third kappa shape index (κ3) is 5.12. The van der Waals surface area contributed by atoms with Crippen molar-refractivity contribution in [2.24, 2.45) is 0 Å². The van der Waals surface area contributed by atoms with Crippen molar-refractivity contribution in [1.82, 2.24) is 0 Å². The summed E-state index contributed by atoms with van der Waals surface area (Å²) in [6.07, 6.45) is 1.94. The van der Waals surface area contributed by atoms with Gasteiger partial charge in [-0.1, -0.05) is 103 Å². The summed E-state index contributed by atoms with van der Waals surface area (Å²) >= 11 is 0. The van der Waals surface area contributed by atoms with E-state index in [1.807, 2.05) is 49.4 Å². The smallest absolute Gasteiger partial charge is 0.0998 e. The Morgan fingerprint density at radius 3 is 1.56 bits per heavy atom. The molecule has 0 unspecified atom stereocenters. The Labute approximate surface area is 213 Å². The van der Waals surface area contributed by atoms with Gasteiger partial charge in [0.25, 0.3) is 0 Å². The molecule has 5 aromatic rings. The summed E-state index contributed by atoms with van der Waals surface area (Å²) < 4.78 is 0. The summed E-state index contributed by atoms with van der Waals surface area (Å²) in [5, 5.41) is 9.66. The predicted molar refractivity (Wildman–Crippen MR) is 151 cm³/mol. The van der Waals surface area contributed by atoms with Crippen molar-refractivity contribution in [2.45, 2.75) is 6.92 Å². The summed E-state index contributed by atoms with van der Waals surface area (Å²) in [6.45, 7) is 2.05. The van der Waals surface area contributed by atoms with E-state index in [4.69, 9.17) is 0 Å². The fourth-order valence-electron chi connectivity index (χ4n) is 4.26. The summed E-state index contributed by atoms with van der Waals surface area (Å²) in [5.74, 6) is 0. The molecule has 0 saturated heterocycles. The van der Waals surface area contributed by atoms with Crippen molar-refractivity contribution in [3.63, 3.8) is 0 Å². The maximum Gasteiger partial charge on any atom is 0.0998 e. The van der Waals surface area contributed by atoms with Crippen LogP contribution in [0.15, 0.2) is 133 Å². The molecule has 0 bridgehead atoms. The Balaban J connectivity index is 1.40. The van der Waals surface area contributed by atoms with Crippen LogP contribution in [0.3, 0.4) is 0 Å². The van der Waals surface area contributed by atoms with E-state index in [0.717, 1.165) is 39.3 Å². The molecule has 0 amide bonds. The lowest BCUT2D eigenvalue weighted by atomic mass is 10.00. The minimum atomic E-state index is 0.661. The second kappa shape index (κ2) is 10.6. The van der Waals surface area contributed by atoms with Crippen LogP contribution >= 0.6 is 0 Å². The van der Waals surface area contributed by atoms with Gasteiger partial charge in [-0.3, -0.25) is 0 Å². The quantitative estimate of drug-likeness (QED) is 0.186. The molecule has 36 heavy (non-hydrogen) atoms. The number of nitrogens with zero attached hydrogens (tertiary/aromatic N) is 2. The van der Waals surface area contributed by atoms with Gasteiger partial charge in [-0.15, -0.1) is 0 Å². The first kappa shape index (κ1) is 22.9. The molecule has 0 radical (unpaired) electrons. The van der Waals surface area contributed by atoms with Crippen LogP contribution in [0.1, 0.15) is 16.7 Å². The molecule has 0 spiro atoms. The Bertz CT molecular complexity index is 1450. The molecule has 2 nitrogen and oxygen atoms in total. The van der Waals surface area contributed by atoms with E-state index in [2.05, 4.69) is 108 Å². The van der Waals surface area contributed by atoms with Crippen LogP contribution in [-0.2, 0) is 0 Å². The molecule has 0 aliphatic heterocycles. The fraction of sp³-hybridized carbons (Fsp3) is 0.0294. The van der Waals surface area contributed by atoms with Crippen LogP contribution < -0.4 is 4.90 Å². The molecule has 0 aliphatic rings. The summed E-state index contributed by atoms with van der Waals surface area (Å²) in [7, 11) is 0. The number of hydrogen-bond donors (Lipinski definition) is 0. The van der Waals surface area contributed by atoms with Crippen LogP contribution in [0.4, 0.5) is 17.1 Å². The van der Waals surface area contributed by atoms with Gasteiger partial charge in [-0.05, 0) is 71.7 Å². The van der Waals surface area contributed by atoms with Crippen molar-refractivity contribution < 1.29 is 0 Å². The topological polar surface area (TPSA) is 27.0 Å². The van der Waals surface area contributed by atoms with Crippen molar-refractivity contribution in [3.8, 4) is 17.2 Å². The molecule has 0 N–H and O–H groups in total. The lowest BCUT2D eigenvalue weighted by molar-refractivity contribution is 1.28. The number of hydrogen-bond acceptors (Lipinski definition) is 2. The Morgan fingerprint density at radius 1 is 0.583 bits per heavy atom. The second-order valence-electron chi connectivity index (χ2n) is 8.71. The first-order chi connectivity index (χ1) is 17.7. The van der Waals surface area contributed by atoms with Crippen LogP contribution in [0.2, 0.25) is 0 Å². The van der Waals surface area contributed by atoms with Gasteiger partial charge in [0.2, 0.25) is 0 Å². The molecule has 2 heteroatoms. The van der Waals surface area contributed by atoms with Gasteiger partial charge >= 0.3 is 0 Å². The maximum atomic E-state index is 9.66. The monoisotopic (exact) mass is 462 g/mol. The van der Waals surface area contributed by atoms with Crippen molar-refractivity contribution >= 4 is 28.7 Å². The third-order valence-corrected chi connectivity index (χ3v) is 6.19. The zero-order valence-electron chi connectivity index (χ0n) is 20.2. The van der Waals surface area contributed by atoms with E-state index >= 15 is 0 Å². The van der Waals surface area contributed by atoms with Crippen LogP contribution in [0.25, 0.3) is 22.8 Å². The highest BCUT2D eigenvalue weighted by Gasteiger charge is 2.12. The fourth-order valence-corrected chi connectivity index (χ4v) is 4.26. The number of para-hydroxylation sites is 2. The van der Waals surface area contributed by atoms with E-state index in [0.29, 0.717) is 5.57 Å². The first-order valence-electron chi connectivity index (χ1n) is 12.0. The molecule has 0 saturated carbocycles. The van der Waals surface area contributed by atoms with Gasteiger partial charge in [-0.25, -0.2) is 0 Å².